The molecular formula is C27H30F3N5O. The number of aromatic nitrogens is 4. The topological polar surface area (TPSA) is 67.8 Å². The minimum atomic E-state index is -4.72. The average molecular weight is 498 g/mol. The molecule has 0 amide bonds. The number of fused-ring (bicyclic) bond motifs is 1. The Morgan fingerprint density at radius 2 is 1.86 bits per heavy atom. The number of H-pyrrole nitrogens is 1. The molecule has 1 saturated carbocycles. The van der Waals surface area contributed by atoms with Gasteiger partial charge in [0.05, 0.1) is 16.7 Å². The zero-order valence-electron chi connectivity index (χ0n) is 20.8. The molecule has 9 heteroatoms. The van der Waals surface area contributed by atoms with Gasteiger partial charge in [-0.05, 0) is 79.5 Å². The molecule has 0 bridgehead atoms. The number of hydrogen-bond acceptors (Lipinski definition) is 4. The van der Waals surface area contributed by atoms with Gasteiger partial charge in [0.1, 0.15) is 5.75 Å². The molecule has 2 N–H and O–H groups in total. The Kier molecular flexibility index (Phi) is 5.97. The van der Waals surface area contributed by atoms with Crippen molar-refractivity contribution in [3.05, 3.63) is 54.4 Å². The van der Waals surface area contributed by atoms with Gasteiger partial charge in [0.15, 0.2) is 0 Å². The normalized spacial score (nSPS) is 20.0. The number of anilines is 2. The molecule has 0 radical (unpaired) electrons. The van der Waals surface area contributed by atoms with Gasteiger partial charge in [0.25, 0.3) is 0 Å². The van der Waals surface area contributed by atoms with E-state index in [1.165, 1.54) is 18.6 Å². The van der Waals surface area contributed by atoms with Crippen molar-refractivity contribution in [1.82, 2.24) is 19.7 Å². The zero-order valence-corrected chi connectivity index (χ0v) is 20.8. The second-order valence-electron chi connectivity index (χ2n) is 10.7. The van der Waals surface area contributed by atoms with Crippen molar-refractivity contribution in [2.24, 2.45) is 11.3 Å². The maximum atomic E-state index is 12.6. The quantitative estimate of drug-likeness (QED) is 0.296. The Morgan fingerprint density at radius 1 is 1.11 bits per heavy atom. The fraction of sp³-hybridized carbons (Fsp3) is 0.407. The Labute approximate surface area is 207 Å². The van der Waals surface area contributed by atoms with Gasteiger partial charge in [-0.1, -0.05) is 26.8 Å². The van der Waals surface area contributed by atoms with Crippen LogP contribution >= 0.6 is 0 Å². The van der Waals surface area contributed by atoms with Gasteiger partial charge in [-0.25, -0.2) is 4.98 Å². The van der Waals surface area contributed by atoms with Gasteiger partial charge in [-0.3, -0.25) is 5.10 Å². The lowest BCUT2D eigenvalue weighted by molar-refractivity contribution is -0.274. The number of aryl methyl sites for hydroxylation is 1. The highest BCUT2D eigenvalue weighted by Crippen LogP contribution is 2.46. The maximum absolute atomic E-state index is 12.6. The monoisotopic (exact) mass is 497 g/mol. The summed E-state index contributed by atoms with van der Waals surface area (Å²) in [5, 5.41) is 10.5. The number of hydrogen-bond donors (Lipinski definition) is 2. The molecule has 5 rings (SSSR count). The first kappa shape index (κ1) is 24.2. The average Bonchev–Trinajstić information content (AvgIpc) is 3.35. The first-order valence-electron chi connectivity index (χ1n) is 12.1. The lowest BCUT2D eigenvalue weighted by atomic mass is 9.70. The predicted molar refractivity (Wildman–Crippen MR) is 134 cm³/mol. The highest BCUT2D eigenvalue weighted by Gasteiger charge is 2.35. The molecule has 0 unspecified atom stereocenters. The molecule has 1 fully saturated rings. The Balaban J connectivity index is 1.55. The first-order valence-corrected chi connectivity index (χ1v) is 12.1. The van der Waals surface area contributed by atoms with E-state index >= 15 is 0 Å². The van der Waals surface area contributed by atoms with Crippen LogP contribution < -0.4 is 10.1 Å². The second kappa shape index (κ2) is 8.87. The molecule has 36 heavy (non-hydrogen) atoms. The van der Waals surface area contributed by atoms with Gasteiger partial charge >= 0.3 is 6.36 Å². The van der Waals surface area contributed by atoms with Crippen LogP contribution in [0.25, 0.3) is 22.2 Å². The number of imidazole rings is 1. The molecule has 1 aliphatic rings. The van der Waals surface area contributed by atoms with E-state index in [0.29, 0.717) is 17.6 Å². The van der Waals surface area contributed by atoms with E-state index in [1.54, 1.807) is 12.1 Å². The number of ether oxygens (including phenoxy) is 1. The van der Waals surface area contributed by atoms with Gasteiger partial charge in [0.2, 0.25) is 5.95 Å². The number of alkyl halides is 3. The Bertz CT molecular complexity index is 1370. The van der Waals surface area contributed by atoms with Crippen LogP contribution in [-0.2, 0) is 0 Å². The predicted octanol–water partition coefficient (Wildman–Crippen LogP) is 7.76. The molecule has 6 nitrogen and oxygen atoms in total. The van der Waals surface area contributed by atoms with E-state index in [4.69, 9.17) is 4.98 Å². The third-order valence-electron chi connectivity index (χ3n) is 6.90. The highest BCUT2D eigenvalue weighted by atomic mass is 19.4. The molecule has 2 aromatic heterocycles. The lowest BCUT2D eigenvalue weighted by Gasteiger charge is -2.40. The van der Waals surface area contributed by atoms with Gasteiger partial charge in [-0.15, -0.1) is 13.2 Å². The SMILES string of the molecule is Cc1n[nH]cc1-c1ccc2c(c1)nc(Nc1ccc(OC(F)(F)F)cc1)n2[C@@H]1C[C@H](C)CC(C)(C)C1. The van der Waals surface area contributed by atoms with Crippen LogP contribution in [0.5, 0.6) is 5.75 Å². The Hall–Kier alpha value is -3.49. The molecule has 4 aromatic rings. The van der Waals surface area contributed by atoms with Crippen LogP contribution in [-0.4, -0.2) is 26.1 Å². The minimum Gasteiger partial charge on any atom is -0.406 e. The fourth-order valence-corrected chi connectivity index (χ4v) is 5.74. The van der Waals surface area contributed by atoms with Crippen molar-refractivity contribution < 1.29 is 17.9 Å². The summed E-state index contributed by atoms with van der Waals surface area (Å²) in [7, 11) is 0. The summed E-state index contributed by atoms with van der Waals surface area (Å²) in [4.78, 5) is 4.95. The van der Waals surface area contributed by atoms with Crippen LogP contribution in [0.15, 0.2) is 48.7 Å². The van der Waals surface area contributed by atoms with E-state index in [1.807, 2.05) is 13.1 Å². The molecule has 2 heterocycles. The number of benzene rings is 2. The van der Waals surface area contributed by atoms with Crippen molar-refractivity contribution in [3.8, 4) is 16.9 Å². The standard InChI is InChI=1S/C27H30F3N5O/c1-16-11-20(14-26(3,4)13-16)35-24-10-5-18(22-15-31-34-17(22)2)12-23(24)33-25(35)32-19-6-8-21(9-7-19)36-27(28,29)30/h5-10,12,15-16,20H,11,13-14H2,1-4H3,(H,31,34)(H,32,33)/t16-,20+/m0/s1. The molecule has 190 valence electrons. The van der Waals surface area contributed by atoms with E-state index < -0.39 is 6.36 Å². The summed E-state index contributed by atoms with van der Waals surface area (Å²) in [6, 6.07) is 12.2. The third-order valence-corrected chi connectivity index (χ3v) is 6.90. The summed E-state index contributed by atoms with van der Waals surface area (Å²) in [6.07, 6.45) is 0.368. The van der Waals surface area contributed by atoms with E-state index in [2.05, 4.69) is 63.8 Å². The van der Waals surface area contributed by atoms with Gasteiger partial charge in [0, 0.05) is 23.5 Å². The second-order valence-corrected chi connectivity index (χ2v) is 10.7. The molecule has 0 saturated heterocycles. The number of nitrogens with zero attached hydrogens (tertiary/aromatic N) is 3. The van der Waals surface area contributed by atoms with Crippen LogP contribution in [0.4, 0.5) is 24.8 Å². The van der Waals surface area contributed by atoms with E-state index in [9.17, 15) is 13.2 Å². The number of rotatable bonds is 5. The molecule has 0 aliphatic heterocycles. The molecule has 2 aromatic carbocycles. The van der Waals surface area contributed by atoms with Crippen molar-refractivity contribution in [2.75, 3.05) is 5.32 Å². The van der Waals surface area contributed by atoms with Crippen molar-refractivity contribution in [2.45, 2.75) is 59.4 Å². The van der Waals surface area contributed by atoms with Crippen molar-refractivity contribution in [1.29, 1.82) is 0 Å². The van der Waals surface area contributed by atoms with Crippen LogP contribution in [0.2, 0.25) is 0 Å². The highest BCUT2D eigenvalue weighted by molar-refractivity contribution is 5.85. The summed E-state index contributed by atoms with van der Waals surface area (Å²) >= 11 is 0. The summed E-state index contributed by atoms with van der Waals surface area (Å²) in [6.45, 7) is 8.86. The third kappa shape index (κ3) is 5.05. The Morgan fingerprint density at radius 3 is 2.50 bits per heavy atom. The summed E-state index contributed by atoms with van der Waals surface area (Å²) in [5.74, 6) is 0.977. The minimum absolute atomic E-state index is 0.195. The molecular weight excluding hydrogens is 467 g/mol. The molecule has 1 aliphatic carbocycles. The molecule has 2 atom stereocenters. The van der Waals surface area contributed by atoms with Crippen LogP contribution in [0, 0.1) is 18.3 Å². The van der Waals surface area contributed by atoms with Crippen LogP contribution in [0.3, 0.4) is 0 Å². The number of nitrogens with one attached hydrogen (secondary N) is 2. The van der Waals surface area contributed by atoms with E-state index in [-0.39, 0.29) is 17.2 Å². The summed E-state index contributed by atoms with van der Waals surface area (Å²) < 4.78 is 44.0. The number of aromatic amines is 1. The smallest absolute Gasteiger partial charge is 0.406 e. The van der Waals surface area contributed by atoms with Crippen LogP contribution in [0.1, 0.15) is 51.8 Å². The van der Waals surface area contributed by atoms with Crippen molar-refractivity contribution >= 4 is 22.7 Å². The maximum Gasteiger partial charge on any atom is 0.573 e. The van der Waals surface area contributed by atoms with Gasteiger partial charge < -0.3 is 14.6 Å². The fourth-order valence-electron chi connectivity index (χ4n) is 5.74. The largest absolute Gasteiger partial charge is 0.573 e. The van der Waals surface area contributed by atoms with Gasteiger partial charge in [-0.2, -0.15) is 5.10 Å². The first-order chi connectivity index (χ1) is 17.0. The lowest BCUT2D eigenvalue weighted by Crippen LogP contribution is -2.29. The van der Waals surface area contributed by atoms with E-state index in [0.717, 1.165) is 40.7 Å². The summed E-state index contributed by atoms with van der Waals surface area (Å²) in [5.41, 5.74) is 5.66. The number of halogens is 3. The molecule has 0 spiro atoms. The zero-order chi connectivity index (χ0) is 25.7. The van der Waals surface area contributed by atoms with Crippen molar-refractivity contribution in [3.63, 3.8) is 0 Å².